The van der Waals surface area contributed by atoms with E-state index in [0.717, 1.165) is 22.3 Å². The molecular formula is C23H20N2O. The molecule has 4 rings (SSSR count). The summed E-state index contributed by atoms with van der Waals surface area (Å²) in [5.41, 5.74) is 3.52. The minimum atomic E-state index is -0.614. The predicted molar refractivity (Wildman–Crippen MR) is 103 cm³/mol. The molecule has 0 aliphatic carbocycles. The molecule has 3 nitrogen and oxygen atoms in total. The van der Waals surface area contributed by atoms with Crippen LogP contribution in [0.25, 0.3) is 0 Å². The lowest BCUT2D eigenvalue weighted by molar-refractivity contribution is 0.281. The Hall–Kier alpha value is -3.17. The van der Waals surface area contributed by atoms with Gasteiger partial charge in [-0.25, -0.2) is 0 Å². The summed E-state index contributed by atoms with van der Waals surface area (Å²) in [5, 5.41) is 14.2. The van der Waals surface area contributed by atoms with E-state index in [9.17, 15) is 5.11 Å². The first-order valence-corrected chi connectivity index (χ1v) is 8.67. The van der Waals surface area contributed by atoms with Crippen LogP contribution in [0, 0.1) is 0 Å². The van der Waals surface area contributed by atoms with Gasteiger partial charge >= 0.3 is 0 Å². The summed E-state index contributed by atoms with van der Waals surface area (Å²) < 4.78 is 1.96. The maximum Gasteiger partial charge on any atom is 0.138 e. The van der Waals surface area contributed by atoms with Crippen LogP contribution in [-0.4, -0.2) is 14.9 Å². The highest BCUT2D eigenvalue weighted by molar-refractivity contribution is 5.50. The third-order valence-electron chi connectivity index (χ3n) is 4.74. The molecule has 4 aromatic rings. The Morgan fingerprint density at radius 1 is 0.692 bits per heavy atom. The van der Waals surface area contributed by atoms with Crippen LogP contribution in [0.2, 0.25) is 0 Å². The number of aromatic nitrogens is 2. The minimum Gasteiger partial charge on any atom is -0.392 e. The summed E-state index contributed by atoms with van der Waals surface area (Å²) in [5.74, 6) is 0. The molecule has 1 heterocycles. The van der Waals surface area contributed by atoms with Crippen LogP contribution in [0.1, 0.15) is 22.3 Å². The first-order valence-electron chi connectivity index (χ1n) is 8.67. The Balaban J connectivity index is 2.10. The van der Waals surface area contributed by atoms with E-state index >= 15 is 0 Å². The van der Waals surface area contributed by atoms with Gasteiger partial charge in [-0.1, -0.05) is 91.0 Å². The maximum atomic E-state index is 9.58. The highest BCUT2D eigenvalue weighted by Gasteiger charge is 2.39. The van der Waals surface area contributed by atoms with E-state index in [1.807, 2.05) is 65.5 Å². The SMILES string of the molecule is OCc1cnn(C(c2ccccc2)(c2ccccc2)c2ccccc2)c1. The van der Waals surface area contributed by atoms with E-state index in [2.05, 4.69) is 41.5 Å². The lowest BCUT2D eigenvalue weighted by Gasteiger charge is -2.36. The zero-order valence-electron chi connectivity index (χ0n) is 14.4. The molecule has 3 heteroatoms. The Morgan fingerprint density at radius 3 is 1.46 bits per heavy atom. The molecule has 128 valence electrons. The second kappa shape index (κ2) is 6.98. The molecule has 0 unspecified atom stereocenters. The Labute approximate surface area is 153 Å². The quantitative estimate of drug-likeness (QED) is 0.553. The monoisotopic (exact) mass is 340 g/mol. The molecule has 0 aliphatic rings. The molecule has 0 radical (unpaired) electrons. The van der Waals surface area contributed by atoms with Crippen molar-refractivity contribution >= 4 is 0 Å². The number of nitrogens with zero attached hydrogens (tertiary/aromatic N) is 2. The average Bonchev–Trinajstić information content (AvgIpc) is 3.21. The van der Waals surface area contributed by atoms with Gasteiger partial charge in [-0.3, -0.25) is 4.68 Å². The van der Waals surface area contributed by atoms with E-state index in [1.165, 1.54) is 0 Å². The van der Waals surface area contributed by atoms with Gasteiger partial charge in [-0.15, -0.1) is 0 Å². The van der Waals surface area contributed by atoms with Gasteiger partial charge < -0.3 is 5.11 Å². The van der Waals surface area contributed by atoms with Gasteiger partial charge in [-0.2, -0.15) is 5.10 Å². The standard InChI is InChI=1S/C23H20N2O/c26-18-19-16-24-25(17-19)23(20-10-4-1-5-11-20,21-12-6-2-7-13-21)22-14-8-3-9-15-22/h1-17,26H,18H2. The molecule has 26 heavy (non-hydrogen) atoms. The van der Waals surface area contributed by atoms with Crippen molar-refractivity contribution in [3.63, 3.8) is 0 Å². The number of hydrogen-bond acceptors (Lipinski definition) is 2. The van der Waals surface area contributed by atoms with E-state index in [1.54, 1.807) is 6.20 Å². The number of aliphatic hydroxyl groups excluding tert-OH is 1. The summed E-state index contributed by atoms with van der Waals surface area (Å²) in [4.78, 5) is 0. The number of benzene rings is 3. The zero-order chi connectivity index (χ0) is 17.8. The Bertz CT molecular complexity index is 866. The van der Waals surface area contributed by atoms with Gasteiger partial charge in [0.15, 0.2) is 0 Å². The van der Waals surface area contributed by atoms with Crippen LogP contribution in [-0.2, 0) is 12.1 Å². The van der Waals surface area contributed by atoms with E-state index in [0.29, 0.717) is 0 Å². The van der Waals surface area contributed by atoms with Crippen LogP contribution < -0.4 is 0 Å². The smallest absolute Gasteiger partial charge is 0.138 e. The maximum absolute atomic E-state index is 9.58. The molecule has 3 aromatic carbocycles. The van der Waals surface area contributed by atoms with Crippen molar-refractivity contribution in [3.05, 3.63) is 126 Å². The molecular weight excluding hydrogens is 320 g/mol. The molecule has 0 saturated heterocycles. The molecule has 0 atom stereocenters. The summed E-state index contributed by atoms with van der Waals surface area (Å²) in [6.07, 6.45) is 3.65. The first kappa shape index (κ1) is 16.3. The zero-order valence-corrected chi connectivity index (χ0v) is 14.4. The topological polar surface area (TPSA) is 38.1 Å². The van der Waals surface area contributed by atoms with E-state index in [-0.39, 0.29) is 6.61 Å². The summed E-state index contributed by atoms with van der Waals surface area (Å²) >= 11 is 0. The van der Waals surface area contributed by atoms with Crippen molar-refractivity contribution in [2.45, 2.75) is 12.1 Å². The molecule has 0 aliphatic heterocycles. The first-order chi connectivity index (χ1) is 12.9. The molecule has 0 fully saturated rings. The lowest BCUT2D eigenvalue weighted by atomic mass is 9.77. The number of aliphatic hydroxyl groups is 1. The second-order valence-electron chi connectivity index (χ2n) is 6.26. The molecule has 0 saturated carbocycles. The van der Waals surface area contributed by atoms with Crippen LogP contribution in [0.4, 0.5) is 0 Å². The minimum absolute atomic E-state index is 0.0333. The Kier molecular flexibility index (Phi) is 4.38. The van der Waals surface area contributed by atoms with Crippen molar-refractivity contribution in [3.8, 4) is 0 Å². The highest BCUT2D eigenvalue weighted by atomic mass is 16.3. The second-order valence-corrected chi connectivity index (χ2v) is 6.26. The van der Waals surface area contributed by atoms with Gasteiger partial charge in [0.2, 0.25) is 0 Å². The van der Waals surface area contributed by atoms with Crippen LogP contribution >= 0.6 is 0 Å². The average molecular weight is 340 g/mol. The highest BCUT2D eigenvalue weighted by Crippen LogP contribution is 2.40. The molecule has 0 spiro atoms. The largest absolute Gasteiger partial charge is 0.392 e. The number of rotatable bonds is 5. The summed E-state index contributed by atoms with van der Waals surface area (Å²) in [7, 11) is 0. The van der Waals surface area contributed by atoms with Crippen LogP contribution in [0.5, 0.6) is 0 Å². The lowest BCUT2D eigenvalue weighted by Crippen LogP contribution is -2.38. The Morgan fingerprint density at radius 2 is 1.12 bits per heavy atom. The third-order valence-corrected chi connectivity index (χ3v) is 4.74. The third kappa shape index (κ3) is 2.63. The van der Waals surface area contributed by atoms with Gasteiger partial charge in [0, 0.05) is 11.8 Å². The summed E-state index contributed by atoms with van der Waals surface area (Å²) in [6.45, 7) is -0.0333. The van der Waals surface area contributed by atoms with Crippen LogP contribution in [0.3, 0.4) is 0 Å². The molecule has 0 amide bonds. The van der Waals surface area contributed by atoms with Gasteiger partial charge in [0.25, 0.3) is 0 Å². The van der Waals surface area contributed by atoms with Crippen molar-refractivity contribution in [2.24, 2.45) is 0 Å². The number of hydrogen-bond donors (Lipinski definition) is 1. The molecule has 1 N–H and O–H groups in total. The fraction of sp³-hybridized carbons (Fsp3) is 0.0870. The predicted octanol–water partition coefficient (Wildman–Crippen LogP) is 4.22. The van der Waals surface area contributed by atoms with Gasteiger partial charge in [0.1, 0.15) is 5.54 Å². The summed E-state index contributed by atoms with van der Waals surface area (Å²) in [6, 6.07) is 31.1. The van der Waals surface area contributed by atoms with Crippen molar-refractivity contribution in [1.29, 1.82) is 0 Å². The van der Waals surface area contributed by atoms with Gasteiger partial charge in [0.05, 0.1) is 12.8 Å². The van der Waals surface area contributed by atoms with E-state index in [4.69, 9.17) is 0 Å². The van der Waals surface area contributed by atoms with Crippen molar-refractivity contribution in [1.82, 2.24) is 9.78 Å². The van der Waals surface area contributed by atoms with Crippen molar-refractivity contribution < 1.29 is 5.11 Å². The molecule has 1 aromatic heterocycles. The van der Waals surface area contributed by atoms with Crippen molar-refractivity contribution in [2.75, 3.05) is 0 Å². The fourth-order valence-electron chi connectivity index (χ4n) is 3.56. The van der Waals surface area contributed by atoms with E-state index < -0.39 is 5.54 Å². The molecule has 0 bridgehead atoms. The normalized spacial score (nSPS) is 11.4. The fourth-order valence-corrected chi connectivity index (χ4v) is 3.56. The van der Waals surface area contributed by atoms with Gasteiger partial charge in [-0.05, 0) is 16.7 Å². The van der Waals surface area contributed by atoms with Crippen LogP contribution in [0.15, 0.2) is 103 Å².